The number of aromatic nitrogens is 2. The fourth-order valence-corrected chi connectivity index (χ4v) is 4.46. The number of nitrogens with one attached hydrogen (secondary N) is 1. The molecule has 2 aliphatic heterocycles. The van der Waals surface area contributed by atoms with Crippen LogP contribution in [-0.2, 0) is 6.54 Å². The molecule has 6 heteroatoms. The number of nitrogens with zero attached hydrogens (tertiary/aromatic N) is 4. The van der Waals surface area contributed by atoms with Crippen LogP contribution < -0.4 is 5.32 Å². The van der Waals surface area contributed by atoms with Crippen LogP contribution in [0.5, 0.6) is 0 Å². The third-order valence-corrected chi connectivity index (χ3v) is 5.76. The first-order valence-electron chi connectivity index (χ1n) is 9.17. The lowest BCUT2D eigenvalue weighted by Gasteiger charge is -2.50. The van der Waals surface area contributed by atoms with Crippen molar-refractivity contribution in [1.82, 2.24) is 24.9 Å². The summed E-state index contributed by atoms with van der Waals surface area (Å²) in [5.41, 5.74) is 1.37. The zero-order chi connectivity index (χ0) is 18.3. The highest BCUT2D eigenvalue weighted by Gasteiger charge is 2.38. The zero-order valence-corrected chi connectivity index (χ0v) is 15.4. The SMILES string of the molecule is C#CCn1nc(C(=O)N[C@@H]2C[C@@H]3CN(C)C[C@H](C2)N3C)c2ccccc21. The second-order valence-electron chi connectivity index (χ2n) is 7.56. The summed E-state index contributed by atoms with van der Waals surface area (Å²) >= 11 is 0. The Hall–Kier alpha value is -2.36. The van der Waals surface area contributed by atoms with Gasteiger partial charge in [0, 0.05) is 36.6 Å². The van der Waals surface area contributed by atoms with Crippen molar-refractivity contribution < 1.29 is 4.79 Å². The van der Waals surface area contributed by atoms with Gasteiger partial charge in [0.1, 0.15) is 6.54 Å². The van der Waals surface area contributed by atoms with Crippen molar-refractivity contribution in [3.63, 3.8) is 0 Å². The molecule has 2 saturated heterocycles. The molecule has 0 aliphatic carbocycles. The quantitative estimate of drug-likeness (QED) is 0.844. The van der Waals surface area contributed by atoms with Gasteiger partial charge >= 0.3 is 0 Å². The molecule has 1 aromatic carbocycles. The minimum absolute atomic E-state index is 0.0991. The van der Waals surface area contributed by atoms with Gasteiger partial charge in [-0.2, -0.15) is 5.10 Å². The number of rotatable bonds is 3. The molecule has 136 valence electrons. The number of carbonyl (C=O) groups is 1. The number of piperazine rings is 1. The van der Waals surface area contributed by atoms with Gasteiger partial charge in [-0.25, -0.2) is 0 Å². The zero-order valence-electron chi connectivity index (χ0n) is 15.4. The summed E-state index contributed by atoms with van der Waals surface area (Å²) in [6, 6.07) is 8.93. The summed E-state index contributed by atoms with van der Waals surface area (Å²) in [7, 11) is 4.38. The topological polar surface area (TPSA) is 53.4 Å². The number of likely N-dealkylation sites (tertiary alicyclic amines) is 1. The predicted molar refractivity (Wildman–Crippen MR) is 102 cm³/mol. The predicted octanol–water partition coefficient (Wildman–Crippen LogP) is 1.18. The Labute approximate surface area is 154 Å². The maximum Gasteiger partial charge on any atom is 0.272 e. The molecule has 0 spiro atoms. The van der Waals surface area contributed by atoms with Gasteiger partial charge in [0.15, 0.2) is 5.69 Å². The van der Waals surface area contributed by atoms with E-state index >= 15 is 0 Å². The molecule has 2 aromatic rings. The van der Waals surface area contributed by atoms with Gasteiger partial charge in [0.05, 0.1) is 5.52 Å². The van der Waals surface area contributed by atoms with E-state index in [9.17, 15) is 4.79 Å². The molecule has 0 saturated carbocycles. The number of benzene rings is 1. The first kappa shape index (κ1) is 17.1. The van der Waals surface area contributed by atoms with Crippen LogP contribution in [0.4, 0.5) is 0 Å². The maximum absolute atomic E-state index is 12.9. The van der Waals surface area contributed by atoms with Gasteiger partial charge in [-0.1, -0.05) is 24.1 Å². The number of para-hydroxylation sites is 1. The van der Waals surface area contributed by atoms with E-state index in [4.69, 9.17) is 6.42 Å². The molecule has 2 fully saturated rings. The number of fused-ring (bicyclic) bond motifs is 3. The molecule has 3 atom stereocenters. The van der Waals surface area contributed by atoms with Crippen LogP contribution in [0.25, 0.3) is 10.9 Å². The minimum atomic E-state index is -0.0991. The average Bonchev–Trinajstić information content (AvgIpc) is 2.96. The number of likely N-dealkylation sites (N-methyl/N-ethyl adjacent to an activating group) is 2. The Morgan fingerprint density at radius 1 is 1.27 bits per heavy atom. The van der Waals surface area contributed by atoms with Crippen molar-refractivity contribution >= 4 is 16.8 Å². The van der Waals surface area contributed by atoms with E-state index in [1.54, 1.807) is 4.68 Å². The van der Waals surface area contributed by atoms with Gasteiger partial charge in [0.2, 0.25) is 0 Å². The smallest absolute Gasteiger partial charge is 0.272 e. The Bertz CT molecular complexity index is 851. The van der Waals surface area contributed by atoms with E-state index in [0.717, 1.165) is 36.8 Å². The highest BCUT2D eigenvalue weighted by Crippen LogP contribution is 2.27. The third-order valence-electron chi connectivity index (χ3n) is 5.76. The second-order valence-corrected chi connectivity index (χ2v) is 7.56. The van der Waals surface area contributed by atoms with Crippen molar-refractivity contribution in [1.29, 1.82) is 0 Å². The Kier molecular flexibility index (Phi) is 4.43. The molecule has 1 aromatic heterocycles. The lowest BCUT2D eigenvalue weighted by Crippen LogP contribution is -2.63. The van der Waals surface area contributed by atoms with Gasteiger partial charge < -0.3 is 10.2 Å². The van der Waals surface area contributed by atoms with Crippen molar-refractivity contribution in [2.24, 2.45) is 0 Å². The molecule has 26 heavy (non-hydrogen) atoms. The van der Waals surface area contributed by atoms with Crippen molar-refractivity contribution in [2.75, 3.05) is 27.2 Å². The maximum atomic E-state index is 12.9. The molecule has 4 rings (SSSR count). The van der Waals surface area contributed by atoms with Gasteiger partial charge in [-0.05, 0) is 33.0 Å². The summed E-state index contributed by atoms with van der Waals surface area (Å²) in [5, 5.41) is 8.58. The van der Waals surface area contributed by atoms with E-state index < -0.39 is 0 Å². The van der Waals surface area contributed by atoms with Gasteiger partial charge in [-0.3, -0.25) is 14.4 Å². The average molecular weight is 351 g/mol. The molecule has 1 N–H and O–H groups in total. The number of carbonyl (C=O) groups excluding carboxylic acids is 1. The Balaban J connectivity index is 1.54. The second kappa shape index (κ2) is 6.75. The van der Waals surface area contributed by atoms with Crippen LogP contribution >= 0.6 is 0 Å². The van der Waals surface area contributed by atoms with E-state index in [1.165, 1.54) is 0 Å². The van der Waals surface area contributed by atoms with Crippen LogP contribution in [0.1, 0.15) is 23.3 Å². The number of piperidine rings is 1. The third kappa shape index (κ3) is 2.98. The van der Waals surface area contributed by atoms with E-state index in [0.29, 0.717) is 24.3 Å². The van der Waals surface area contributed by atoms with Crippen LogP contribution in [0.15, 0.2) is 24.3 Å². The number of hydrogen-bond donors (Lipinski definition) is 1. The standard InChI is InChI=1S/C20H25N5O/c1-4-9-25-18-8-6-5-7-17(18)19(22-25)20(26)21-14-10-15-12-23(2)13-16(11-14)24(15)3/h1,5-8,14-16H,9-13H2,2-3H3,(H,21,26)/t14-,15-,16+. The highest BCUT2D eigenvalue weighted by atomic mass is 16.2. The Morgan fingerprint density at radius 2 is 1.96 bits per heavy atom. The van der Waals surface area contributed by atoms with Gasteiger partial charge in [-0.15, -0.1) is 6.42 Å². The lowest BCUT2D eigenvalue weighted by atomic mass is 9.88. The van der Waals surface area contributed by atoms with Crippen LogP contribution in [-0.4, -0.2) is 70.8 Å². The Morgan fingerprint density at radius 3 is 2.65 bits per heavy atom. The first-order chi connectivity index (χ1) is 12.6. The molecule has 0 radical (unpaired) electrons. The van der Waals surface area contributed by atoms with Gasteiger partial charge in [0.25, 0.3) is 5.91 Å². The number of amides is 1. The van der Waals surface area contributed by atoms with Crippen LogP contribution in [0.3, 0.4) is 0 Å². The summed E-state index contributed by atoms with van der Waals surface area (Å²) < 4.78 is 1.72. The fourth-order valence-electron chi connectivity index (χ4n) is 4.46. The molecular weight excluding hydrogens is 326 g/mol. The van der Waals surface area contributed by atoms with Crippen molar-refractivity contribution in [3.05, 3.63) is 30.0 Å². The molecule has 6 nitrogen and oxygen atoms in total. The molecule has 1 amide bonds. The highest BCUT2D eigenvalue weighted by molar-refractivity contribution is 6.05. The normalized spacial score (nSPS) is 26.6. The summed E-state index contributed by atoms with van der Waals surface area (Å²) in [5.74, 6) is 2.51. The summed E-state index contributed by atoms with van der Waals surface area (Å²) in [4.78, 5) is 17.8. The van der Waals surface area contributed by atoms with Crippen molar-refractivity contribution in [2.45, 2.75) is 37.5 Å². The van der Waals surface area contributed by atoms with Crippen LogP contribution in [0.2, 0.25) is 0 Å². The largest absolute Gasteiger partial charge is 0.348 e. The molecule has 2 bridgehead atoms. The minimum Gasteiger partial charge on any atom is -0.348 e. The molecule has 0 unspecified atom stereocenters. The number of hydrogen-bond acceptors (Lipinski definition) is 4. The molecule has 2 aliphatic rings. The first-order valence-corrected chi connectivity index (χ1v) is 9.17. The molecule has 3 heterocycles. The van der Waals surface area contributed by atoms with Crippen LogP contribution in [0, 0.1) is 12.3 Å². The monoisotopic (exact) mass is 351 g/mol. The summed E-state index contributed by atoms with van der Waals surface area (Å²) in [6.07, 6.45) is 7.40. The fraction of sp³-hybridized carbons (Fsp3) is 0.500. The van der Waals surface area contributed by atoms with E-state index in [2.05, 4.69) is 40.2 Å². The lowest BCUT2D eigenvalue weighted by molar-refractivity contribution is 0.00837. The van der Waals surface area contributed by atoms with E-state index in [1.807, 2.05) is 24.3 Å². The molecular formula is C20H25N5O. The van der Waals surface area contributed by atoms with E-state index in [-0.39, 0.29) is 11.9 Å². The summed E-state index contributed by atoms with van der Waals surface area (Å²) in [6.45, 7) is 2.47. The number of terminal acetylenes is 1. The van der Waals surface area contributed by atoms with Crippen molar-refractivity contribution in [3.8, 4) is 12.3 Å².